The molecule has 2 aromatic rings. The first kappa shape index (κ1) is 13.5. The molecule has 0 atom stereocenters. The van der Waals surface area contributed by atoms with Gasteiger partial charge in [-0.2, -0.15) is 0 Å². The van der Waals surface area contributed by atoms with E-state index in [1.54, 1.807) is 0 Å². The molecule has 5 nitrogen and oxygen atoms in total. The number of pyridine rings is 1. The lowest BCUT2D eigenvalue weighted by atomic mass is 10.2. The van der Waals surface area contributed by atoms with Gasteiger partial charge in [0.05, 0.1) is 11.7 Å². The lowest BCUT2D eigenvalue weighted by Gasteiger charge is -2.32. The van der Waals surface area contributed by atoms with Crippen LogP contribution < -0.4 is 5.73 Å². The molecule has 0 aromatic carbocycles. The number of imidazole rings is 1. The number of nitrogens with zero attached hydrogens (tertiary/aromatic N) is 4. The Labute approximate surface area is 120 Å². The van der Waals surface area contributed by atoms with Crippen LogP contribution in [0.3, 0.4) is 0 Å². The Morgan fingerprint density at radius 3 is 2.75 bits per heavy atom. The van der Waals surface area contributed by atoms with E-state index in [9.17, 15) is 0 Å². The molecule has 1 aliphatic heterocycles. The van der Waals surface area contributed by atoms with Crippen molar-refractivity contribution in [2.75, 3.05) is 39.8 Å². The van der Waals surface area contributed by atoms with Crippen LogP contribution in [0.1, 0.15) is 11.4 Å². The number of aromatic nitrogens is 2. The molecule has 0 unspecified atom stereocenters. The van der Waals surface area contributed by atoms with Crippen LogP contribution in [0, 0.1) is 0 Å². The van der Waals surface area contributed by atoms with Gasteiger partial charge < -0.3 is 19.9 Å². The zero-order valence-electron chi connectivity index (χ0n) is 12.1. The molecule has 0 amide bonds. The van der Waals surface area contributed by atoms with Crippen LogP contribution in [0.4, 0.5) is 0 Å². The maximum absolute atomic E-state index is 5.72. The van der Waals surface area contributed by atoms with Crippen LogP contribution in [0.2, 0.25) is 0 Å². The van der Waals surface area contributed by atoms with E-state index in [1.807, 2.05) is 6.20 Å². The molecule has 3 rings (SSSR count). The number of likely N-dealkylation sites (N-methyl/N-ethyl adjacent to an activating group) is 1. The molecule has 20 heavy (non-hydrogen) atoms. The third-order valence-electron chi connectivity index (χ3n) is 4.15. The van der Waals surface area contributed by atoms with Gasteiger partial charge in [0.2, 0.25) is 0 Å². The summed E-state index contributed by atoms with van der Waals surface area (Å²) in [6.45, 7) is 6.31. The first-order valence-electron chi connectivity index (χ1n) is 7.32. The molecular formula is C15H23N5. The molecule has 3 heterocycles. The van der Waals surface area contributed by atoms with E-state index < -0.39 is 0 Å². The number of hydrogen-bond donors (Lipinski definition) is 1. The molecule has 2 N–H and O–H groups in total. The van der Waals surface area contributed by atoms with Gasteiger partial charge in [-0.3, -0.25) is 0 Å². The number of piperazine rings is 1. The molecule has 2 aromatic heterocycles. The standard InChI is InChI=1S/C15H23N5/c1-18-6-8-19(9-7-18)5-4-15-17-11-14-3-2-13(10-16)12-20(14)15/h2-3,11-12H,4-10,16H2,1H3. The predicted octanol–water partition coefficient (Wildman–Crippen LogP) is 0.583. The topological polar surface area (TPSA) is 49.8 Å². The lowest BCUT2D eigenvalue weighted by Crippen LogP contribution is -2.45. The van der Waals surface area contributed by atoms with Gasteiger partial charge in [0.1, 0.15) is 5.82 Å². The predicted molar refractivity (Wildman–Crippen MR) is 80.7 cm³/mol. The smallest absolute Gasteiger partial charge is 0.114 e. The fourth-order valence-corrected chi connectivity index (χ4v) is 2.72. The van der Waals surface area contributed by atoms with E-state index in [2.05, 4.69) is 44.6 Å². The average Bonchev–Trinajstić information content (AvgIpc) is 2.89. The van der Waals surface area contributed by atoms with Gasteiger partial charge in [0.15, 0.2) is 0 Å². The quantitative estimate of drug-likeness (QED) is 0.885. The van der Waals surface area contributed by atoms with E-state index in [4.69, 9.17) is 5.73 Å². The average molecular weight is 273 g/mol. The summed E-state index contributed by atoms with van der Waals surface area (Å²) in [6.07, 6.45) is 5.05. The molecule has 0 aliphatic carbocycles. The van der Waals surface area contributed by atoms with Crippen molar-refractivity contribution in [2.24, 2.45) is 5.73 Å². The summed E-state index contributed by atoms with van der Waals surface area (Å²) >= 11 is 0. The molecule has 0 radical (unpaired) electrons. The molecule has 0 saturated carbocycles. The van der Waals surface area contributed by atoms with Crippen LogP contribution in [-0.4, -0.2) is 59.0 Å². The minimum atomic E-state index is 0.575. The van der Waals surface area contributed by atoms with Crippen molar-refractivity contribution in [2.45, 2.75) is 13.0 Å². The number of nitrogens with two attached hydrogens (primary N) is 1. The van der Waals surface area contributed by atoms with Gasteiger partial charge in [-0.25, -0.2) is 4.98 Å². The number of hydrogen-bond acceptors (Lipinski definition) is 4. The Morgan fingerprint density at radius 1 is 1.20 bits per heavy atom. The molecule has 1 aliphatic rings. The summed E-state index contributed by atoms with van der Waals surface area (Å²) in [4.78, 5) is 9.46. The third-order valence-corrected chi connectivity index (χ3v) is 4.15. The van der Waals surface area contributed by atoms with Crippen molar-refractivity contribution >= 4 is 5.52 Å². The highest BCUT2D eigenvalue weighted by Gasteiger charge is 2.14. The lowest BCUT2D eigenvalue weighted by molar-refractivity contribution is 0.155. The molecule has 1 saturated heterocycles. The van der Waals surface area contributed by atoms with Crippen LogP contribution in [0.5, 0.6) is 0 Å². The summed E-state index contributed by atoms with van der Waals surface area (Å²) in [6, 6.07) is 4.16. The highest BCUT2D eigenvalue weighted by Crippen LogP contribution is 2.11. The van der Waals surface area contributed by atoms with Crippen molar-refractivity contribution < 1.29 is 0 Å². The molecule has 0 bridgehead atoms. The highest BCUT2D eigenvalue weighted by molar-refractivity contribution is 5.47. The molecule has 5 heteroatoms. The van der Waals surface area contributed by atoms with Crippen LogP contribution in [-0.2, 0) is 13.0 Å². The first-order valence-corrected chi connectivity index (χ1v) is 7.32. The fraction of sp³-hybridized carbons (Fsp3) is 0.533. The minimum Gasteiger partial charge on any atom is -0.326 e. The number of rotatable bonds is 4. The normalized spacial score (nSPS) is 17.9. The maximum atomic E-state index is 5.72. The van der Waals surface area contributed by atoms with E-state index in [-0.39, 0.29) is 0 Å². The Hall–Kier alpha value is -1.43. The van der Waals surface area contributed by atoms with Gasteiger partial charge in [-0.05, 0) is 18.7 Å². The summed E-state index contributed by atoms with van der Waals surface area (Å²) in [5, 5.41) is 0. The van der Waals surface area contributed by atoms with Crippen molar-refractivity contribution in [3.05, 3.63) is 35.9 Å². The highest BCUT2D eigenvalue weighted by atomic mass is 15.2. The minimum absolute atomic E-state index is 0.575. The fourth-order valence-electron chi connectivity index (χ4n) is 2.72. The van der Waals surface area contributed by atoms with E-state index in [1.165, 1.54) is 13.1 Å². The van der Waals surface area contributed by atoms with E-state index >= 15 is 0 Å². The van der Waals surface area contributed by atoms with Gasteiger partial charge in [0, 0.05) is 51.9 Å². The Balaban J connectivity index is 1.68. The van der Waals surface area contributed by atoms with Crippen molar-refractivity contribution in [3.63, 3.8) is 0 Å². The SMILES string of the molecule is CN1CCN(CCc2ncc3ccc(CN)cn23)CC1. The summed E-state index contributed by atoms with van der Waals surface area (Å²) in [5.41, 5.74) is 8.02. The second-order valence-corrected chi connectivity index (χ2v) is 5.61. The maximum Gasteiger partial charge on any atom is 0.114 e. The largest absolute Gasteiger partial charge is 0.326 e. The Morgan fingerprint density at radius 2 is 2.00 bits per heavy atom. The second-order valence-electron chi connectivity index (χ2n) is 5.61. The summed E-state index contributed by atoms with van der Waals surface area (Å²) in [7, 11) is 2.19. The van der Waals surface area contributed by atoms with Crippen molar-refractivity contribution in [3.8, 4) is 0 Å². The first-order chi connectivity index (χ1) is 9.76. The molecule has 0 spiro atoms. The van der Waals surface area contributed by atoms with Gasteiger partial charge >= 0.3 is 0 Å². The number of fused-ring (bicyclic) bond motifs is 1. The van der Waals surface area contributed by atoms with Gasteiger partial charge in [0.25, 0.3) is 0 Å². The van der Waals surface area contributed by atoms with Crippen molar-refractivity contribution in [1.82, 2.24) is 19.2 Å². The summed E-state index contributed by atoms with van der Waals surface area (Å²) < 4.78 is 2.18. The van der Waals surface area contributed by atoms with E-state index in [0.717, 1.165) is 43.0 Å². The monoisotopic (exact) mass is 273 g/mol. The zero-order valence-corrected chi connectivity index (χ0v) is 12.1. The Kier molecular flexibility index (Phi) is 4.00. The van der Waals surface area contributed by atoms with Crippen LogP contribution in [0.25, 0.3) is 5.52 Å². The van der Waals surface area contributed by atoms with Crippen LogP contribution in [0.15, 0.2) is 24.5 Å². The zero-order chi connectivity index (χ0) is 13.9. The molecule has 108 valence electrons. The second kappa shape index (κ2) is 5.91. The summed E-state index contributed by atoms with van der Waals surface area (Å²) in [5.74, 6) is 1.13. The Bertz CT molecular complexity index is 569. The van der Waals surface area contributed by atoms with Gasteiger partial charge in [-0.15, -0.1) is 0 Å². The molecular weight excluding hydrogens is 250 g/mol. The third kappa shape index (κ3) is 2.85. The molecule has 1 fully saturated rings. The van der Waals surface area contributed by atoms with E-state index in [0.29, 0.717) is 6.54 Å². The van der Waals surface area contributed by atoms with Crippen molar-refractivity contribution in [1.29, 1.82) is 0 Å². The van der Waals surface area contributed by atoms with Gasteiger partial charge in [-0.1, -0.05) is 6.07 Å². The van der Waals surface area contributed by atoms with Crippen LogP contribution >= 0.6 is 0 Å².